The highest BCUT2D eigenvalue weighted by Crippen LogP contribution is 2.21. The number of amides is 1. The van der Waals surface area contributed by atoms with Crippen molar-refractivity contribution < 1.29 is 9.53 Å². The van der Waals surface area contributed by atoms with E-state index in [4.69, 9.17) is 4.74 Å². The van der Waals surface area contributed by atoms with Crippen molar-refractivity contribution in [2.45, 2.75) is 39.7 Å². The van der Waals surface area contributed by atoms with Crippen LogP contribution in [0.15, 0.2) is 24.3 Å². The fourth-order valence-electron chi connectivity index (χ4n) is 2.54. The molecule has 0 aliphatic carbocycles. The lowest BCUT2D eigenvalue weighted by atomic mass is 9.92. The molecule has 1 aromatic carbocycles. The molecule has 124 valence electrons. The molecule has 1 amide bonds. The first-order valence-corrected chi connectivity index (χ1v) is 7.81. The Bertz CT molecular complexity index is 479. The quantitative estimate of drug-likeness (QED) is 0.871. The average molecular weight is 327 g/mol. The van der Waals surface area contributed by atoms with E-state index in [2.05, 4.69) is 31.4 Å². The first-order chi connectivity index (χ1) is 10.0. The van der Waals surface area contributed by atoms with Crippen molar-refractivity contribution in [3.63, 3.8) is 0 Å². The molecule has 0 spiro atoms. The Hall–Kier alpha value is -1.26. The minimum absolute atomic E-state index is 0. The van der Waals surface area contributed by atoms with Gasteiger partial charge in [-0.15, -0.1) is 12.4 Å². The number of rotatable bonds is 5. The molecule has 4 nitrogen and oxygen atoms in total. The summed E-state index contributed by atoms with van der Waals surface area (Å²) in [7, 11) is 0. The Morgan fingerprint density at radius 1 is 1.45 bits per heavy atom. The highest BCUT2D eigenvalue weighted by atomic mass is 35.5. The number of benzene rings is 1. The standard InChI is InChI=1S/C17H26N2O2.ClH/c1-12(2)11-21-16-6-4-5-15(10-16)19-17(20)14-7-8-18-13(3)9-14;/h4-6,10,12-14,18H,7-9,11H2,1-3H3,(H,19,20);1H/t13-,14-;/m0./s1. The maximum Gasteiger partial charge on any atom is 0.227 e. The van der Waals surface area contributed by atoms with Crippen LogP contribution in [0.25, 0.3) is 0 Å². The van der Waals surface area contributed by atoms with E-state index >= 15 is 0 Å². The number of hydrogen-bond acceptors (Lipinski definition) is 3. The highest BCUT2D eigenvalue weighted by Gasteiger charge is 2.24. The van der Waals surface area contributed by atoms with E-state index in [1.165, 1.54) is 0 Å². The van der Waals surface area contributed by atoms with Gasteiger partial charge in [0.2, 0.25) is 5.91 Å². The van der Waals surface area contributed by atoms with Gasteiger partial charge in [0.05, 0.1) is 6.61 Å². The summed E-state index contributed by atoms with van der Waals surface area (Å²) in [6.07, 6.45) is 1.80. The van der Waals surface area contributed by atoms with Crippen LogP contribution in [0.5, 0.6) is 5.75 Å². The van der Waals surface area contributed by atoms with Crippen molar-refractivity contribution in [2.24, 2.45) is 11.8 Å². The van der Waals surface area contributed by atoms with Crippen molar-refractivity contribution in [1.29, 1.82) is 0 Å². The topological polar surface area (TPSA) is 50.4 Å². The Morgan fingerprint density at radius 2 is 2.23 bits per heavy atom. The van der Waals surface area contributed by atoms with E-state index in [0.717, 1.165) is 30.8 Å². The zero-order valence-corrected chi connectivity index (χ0v) is 14.4. The Balaban J connectivity index is 0.00000242. The van der Waals surface area contributed by atoms with Gasteiger partial charge >= 0.3 is 0 Å². The summed E-state index contributed by atoms with van der Waals surface area (Å²) in [4.78, 5) is 12.3. The predicted molar refractivity (Wildman–Crippen MR) is 92.8 cm³/mol. The highest BCUT2D eigenvalue weighted by molar-refractivity contribution is 5.92. The maximum absolute atomic E-state index is 12.3. The molecule has 2 atom stereocenters. The lowest BCUT2D eigenvalue weighted by Gasteiger charge is -2.27. The third-order valence-corrected chi connectivity index (χ3v) is 3.68. The van der Waals surface area contributed by atoms with Crippen molar-refractivity contribution in [3.8, 4) is 5.75 Å². The molecule has 1 saturated heterocycles. The lowest BCUT2D eigenvalue weighted by Crippen LogP contribution is -2.40. The number of carbonyl (C=O) groups excluding carboxylic acids is 1. The van der Waals surface area contributed by atoms with Gasteiger partial charge in [-0.05, 0) is 44.4 Å². The molecular formula is C17H27ClN2O2. The van der Waals surface area contributed by atoms with Crippen LogP contribution < -0.4 is 15.4 Å². The minimum Gasteiger partial charge on any atom is -0.493 e. The van der Waals surface area contributed by atoms with Crippen LogP contribution in [0.4, 0.5) is 5.69 Å². The second kappa shape index (κ2) is 9.01. The zero-order chi connectivity index (χ0) is 15.2. The van der Waals surface area contributed by atoms with E-state index in [1.807, 2.05) is 24.3 Å². The summed E-state index contributed by atoms with van der Waals surface area (Å²) in [5, 5.41) is 6.38. The van der Waals surface area contributed by atoms with Crippen molar-refractivity contribution >= 4 is 24.0 Å². The van der Waals surface area contributed by atoms with Crippen LogP contribution in [0.2, 0.25) is 0 Å². The van der Waals surface area contributed by atoms with E-state index in [9.17, 15) is 4.79 Å². The fourth-order valence-corrected chi connectivity index (χ4v) is 2.54. The molecule has 0 unspecified atom stereocenters. The average Bonchev–Trinajstić information content (AvgIpc) is 2.45. The number of hydrogen-bond donors (Lipinski definition) is 2. The Labute approximate surface area is 139 Å². The van der Waals surface area contributed by atoms with Gasteiger partial charge in [0.15, 0.2) is 0 Å². The molecule has 1 aliphatic rings. The molecular weight excluding hydrogens is 300 g/mol. The van der Waals surface area contributed by atoms with Gasteiger partial charge in [0, 0.05) is 23.7 Å². The van der Waals surface area contributed by atoms with Gasteiger partial charge in [-0.1, -0.05) is 19.9 Å². The monoisotopic (exact) mass is 326 g/mol. The van der Waals surface area contributed by atoms with E-state index in [1.54, 1.807) is 0 Å². The molecule has 0 saturated carbocycles. The molecule has 22 heavy (non-hydrogen) atoms. The van der Waals surface area contributed by atoms with Gasteiger partial charge in [-0.2, -0.15) is 0 Å². The molecule has 5 heteroatoms. The van der Waals surface area contributed by atoms with Crippen LogP contribution in [0, 0.1) is 11.8 Å². The molecule has 1 aromatic rings. The molecule has 0 aromatic heterocycles. The van der Waals surface area contributed by atoms with Crippen LogP contribution in [-0.4, -0.2) is 25.1 Å². The normalized spacial score (nSPS) is 21.1. The summed E-state index contributed by atoms with van der Waals surface area (Å²) in [5.41, 5.74) is 0.812. The lowest BCUT2D eigenvalue weighted by molar-refractivity contribution is -0.120. The van der Waals surface area contributed by atoms with E-state index < -0.39 is 0 Å². The smallest absolute Gasteiger partial charge is 0.227 e. The molecule has 1 fully saturated rings. The maximum atomic E-state index is 12.3. The molecule has 0 radical (unpaired) electrons. The predicted octanol–water partition coefficient (Wildman–Crippen LogP) is 3.47. The van der Waals surface area contributed by atoms with Crippen LogP contribution in [0.1, 0.15) is 33.6 Å². The number of halogens is 1. The number of carbonyl (C=O) groups is 1. The fraction of sp³-hybridized carbons (Fsp3) is 0.588. The van der Waals surface area contributed by atoms with Gasteiger partial charge in [-0.3, -0.25) is 4.79 Å². The first-order valence-electron chi connectivity index (χ1n) is 7.81. The SMILES string of the molecule is CC(C)COc1cccc(NC(=O)[C@H]2CCN[C@@H](C)C2)c1.Cl. The zero-order valence-electron chi connectivity index (χ0n) is 13.6. The third-order valence-electron chi connectivity index (χ3n) is 3.68. The summed E-state index contributed by atoms with van der Waals surface area (Å²) in [6, 6.07) is 8.05. The van der Waals surface area contributed by atoms with Crippen LogP contribution in [-0.2, 0) is 4.79 Å². The molecule has 1 aliphatic heterocycles. The summed E-state index contributed by atoms with van der Waals surface area (Å²) in [5.74, 6) is 1.51. The molecule has 1 heterocycles. The van der Waals surface area contributed by atoms with Gasteiger partial charge < -0.3 is 15.4 Å². The summed E-state index contributed by atoms with van der Waals surface area (Å²) >= 11 is 0. The summed E-state index contributed by atoms with van der Waals surface area (Å²) in [6.45, 7) is 7.95. The van der Waals surface area contributed by atoms with Gasteiger partial charge in [-0.25, -0.2) is 0 Å². The van der Waals surface area contributed by atoms with Crippen LogP contribution >= 0.6 is 12.4 Å². The number of piperidine rings is 1. The molecule has 0 bridgehead atoms. The number of anilines is 1. The summed E-state index contributed by atoms with van der Waals surface area (Å²) < 4.78 is 5.69. The first kappa shape index (κ1) is 18.8. The third kappa shape index (κ3) is 5.85. The Kier molecular flexibility index (Phi) is 7.69. The second-order valence-electron chi connectivity index (χ2n) is 6.30. The van der Waals surface area contributed by atoms with Crippen LogP contribution in [0.3, 0.4) is 0 Å². The van der Waals surface area contributed by atoms with Crippen molar-refractivity contribution in [3.05, 3.63) is 24.3 Å². The van der Waals surface area contributed by atoms with Crippen molar-refractivity contribution in [1.82, 2.24) is 5.32 Å². The minimum atomic E-state index is 0. The van der Waals surface area contributed by atoms with E-state index in [-0.39, 0.29) is 24.2 Å². The number of ether oxygens (including phenoxy) is 1. The number of nitrogens with one attached hydrogen (secondary N) is 2. The van der Waals surface area contributed by atoms with Gasteiger partial charge in [0.1, 0.15) is 5.75 Å². The second-order valence-corrected chi connectivity index (χ2v) is 6.30. The largest absolute Gasteiger partial charge is 0.493 e. The van der Waals surface area contributed by atoms with E-state index in [0.29, 0.717) is 18.6 Å². The van der Waals surface area contributed by atoms with Gasteiger partial charge in [0.25, 0.3) is 0 Å². The van der Waals surface area contributed by atoms with Crippen molar-refractivity contribution in [2.75, 3.05) is 18.5 Å². The molecule has 2 N–H and O–H groups in total. The Morgan fingerprint density at radius 3 is 2.91 bits per heavy atom. The molecule has 2 rings (SSSR count).